The maximum Gasteiger partial charge on any atom is 0.498 e. The van der Waals surface area contributed by atoms with Crippen molar-refractivity contribution in [2.45, 2.75) is 11.2 Å². The van der Waals surface area contributed by atoms with Gasteiger partial charge in [0.15, 0.2) is 0 Å². The zero-order valence-corrected chi connectivity index (χ0v) is 10.3. The first kappa shape index (κ1) is 13.5. The van der Waals surface area contributed by atoms with Crippen LogP contribution in [0.4, 0.5) is 13.2 Å². The van der Waals surface area contributed by atoms with Crippen molar-refractivity contribution in [3.8, 4) is 5.69 Å². The molecule has 0 spiro atoms. The predicted octanol–water partition coefficient (Wildman–Crippen LogP) is 1.79. The Kier molecular flexibility index (Phi) is 3.31. The molecule has 102 valence electrons. The molecule has 0 saturated heterocycles. The number of hydrogen-bond acceptors (Lipinski definition) is 4. The molecule has 1 aromatic carbocycles. The lowest BCUT2D eigenvalue weighted by Gasteiger charge is -2.02. The van der Waals surface area contributed by atoms with E-state index in [2.05, 4.69) is 4.52 Å². The molecule has 0 saturated carbocycles. The molecule has 2 aromatic rings. The largest absolute Gasteiger partial charge is 0.498 e. The Balaban J connectivity index is 2.58. The van der Waals surface area contributed by atoms with E-state index in [1.807, 2.05) is 6.26 Å². The first-order valence-electron chi connectivity index (χ1n) is 4.91. The normalized spacial score (nSPS) is 11.8. The van der Waals surface area contributed by atoms with E-state index in [1.54, 1.807) is 12.1 Å². The highest BCUT2D eigenvalue weighted by atomic mass is 32.2. The summed E-state index contributed by atoms with van der Waals surface area (Å²) < 4.78 is 41.1. The molecule has 0 N–H and O–H groups in total. The molecule has 0 atom stereocenters. The third-order valence-corrected chi connectivity index (χ3v) is 3.02. The smallest absolute Gasteiger partial charge is 0.311 e. The summed E-state index contributed by atoms with van der Waals surface area (Å²) in [5.74, 6) is -1.77. The van der Waals surface area contributed by atoms with Crippen molar-refractivity contribution in [3.63, 3.8) is 0 Å². The van der Waals surface area contributed by atoms with E-state index in [1.165, 1.54) is 23.9 Å². The average Bonchev–Trinajstić information content (AvgIpc) is 2.64. The van der Waals surface area contributed by atoms with E-state index in [0.29, 0.717) is 4.74 Å². The maximum absolute atomic E-state index is 12.4. The third-order valence-electron chi connectivity index (χ3n) is 2.28. The summed E-state index contributed by atoms with van der Waals surface area (Å²) in [6.45, 7) is 0. The Morgan fingerprint density at radius 2 is 1.74 bits per heavy atom. The number of hydrogen-bond donors (Lipinski definition) is 0. The number of aromatic nitrogens is 2. The molecule has 0 aliphatic heterocycles. The molecular weight excluding hydrogens is 285 g/mol. The van der Waals surface area contributed by atoms with Crippen molar-refractivity contribution in [1.29, 1.82) is 0 Å². The van der Waals surface area contributed by atoms with Crippen molar-refractivity contribution < 1.29 is 17.7 Å². The fourth-order valence-electron chi connectivity index (χ4n) is 1.42. The van der Waals surface area contributed by atoms with Crippen LogP contribution in [0.2, 0.25) is 0 Å². The van der Waals surface area contributed by atoms with Gasteiger partial charge in [-0.3, -0.25) is 0 Å². The van der Waals surface area contributed by atoms with Gasteiger partial charge in [-0.2, -0.15) is 0 Å². The maximum atomic E-state index is 12.4. The van der Waals surface area contributed by atoms with Crippen LogP contribution in [0.15, 0.2) is 43.3 Å². The monoisotopic (exact) mass is 292 g/mol. The van der Waals surface area contributed by atoms with Gasteiger partial charge < -0.3 is 4.52 Å². The molecule has 1 aromatic heterocycles. The molecule has 1 heterocycles. The minimum absolute atomic E-state index is 0.0444. The summed E-state index contributed by atoms with van der Waals surface area (Å²) in [5.41, 5.74) is -1.54. The molecule has 5 nitrogen and oxygen atoms in total. The lowest BCUT2D eigenvalue weighted by molar-refractivity contribution is -0.209. The molecular formula is C10H7F3N2O3S. The van der Waals surface area contributed by atoms with Gasteiger partial charge in [-0.05, 0) is 30.5 Å². The van der Waals surface area contributed by atoms with E-state index >= 15 is 0 Å². The van der Waals surface area contributed by atoms with Crippen LogP contribution in [0.3, 0.4) is 0 Å². The number of rotatable bonds is 2. The molecule has 0 unspecified atom stereocenters. The van der Waals surface area contributed by atoms with Crippen LogP contribution in [-0.4, -0.2) is 15.6 Å². The van der Waals surface area contributed by atoms with Gasteiger partial charge in [0.05, 0.1) is 5.69 Å². The van der Waals surface area contributed by atoms with E-state index < -0.39 is 22.3 Å². The van der Waals surface area contributed by atoms with E-state index in [0.717, 1.165) is 4.90 Å². The van der Waals surface area contributed by atoms with Crippen molar-refractivity contribution in [3.05, 3.63) is 45.3 Å². The highest BCUT2D eigenvalue weighted by Gasteiger charge is 2.38. The topological polar surface area (TPSA) is 57.1 Å². The van der Waals surface area contributed by atoms with Gasteiger partial charge in [0.25, 0.3) is 0 Å². The fourth-order valence-corrected chi connectivity index (χ4v) is 1.83. The Labute approximate surface area is 108 Å². The van der Waals surface area contributed by atoms with Crippen LogP contribution in [0, 0.1) is 0 Å². The van der Waals surface area contributed by atoms with Gasteiger partial charge in [0.1, 0.15) is 0 Å². The van der Waals surface area contributed by atoms with Crippen LogP contribution in [0.25, 0.3) is 5.69 Å². The third kappa shape index (κ3) is 2.46. The van der Waals surface area contributed by atoms with Crippen LogP contribution in [0.5, 0.6) is 0 Å². The summed E-state index contributed by atoms with van der Waals surface area (Å²) in [7, 11) is 0. The summed E-state index contributed by atoms with van der Waals surface area (Å²) in [6, 6.07) is 5.96. The summed E-state index contributed by atoms with van der Waals surface area (Å²) in [6.07, 6.45) is -3.29. The van der Waals surface area contributed by atoms with Crippen LogP contribution in [0.1, 0.15) is 0 Å². The second-order valence-electron chi connectivity index (χ2n) is 3.44. The van der Waals surface area contributed by atoms with Crippen molar-refractivity contribution >= 4 is 11.8 Å². The van der Waals surface area contributed by atoms with Gasteiger partial charge in [0.2, 0.25) is 0 Å². The fraction of sp³-hybridized carbons (Fsp3) is 0.200. The lowest BCUT2D eigenvalue weighted by atomic mass is 10.3. The first-order chi connectivity index (χ1) is 8.84. The number of nitrogens with zero attached hydrogens (tertiary/aromatic N) is 2. The number of benzene rings is 1. The molecule has 0 aliphatic carbocycles. The van der Waals surface area contributed by atoms with E-state index in [9.17, 15) is 22.8 Å². The second-order valence-corrected chi connectivity index (χ2v) is 4.32. The average molecular weight is 292 g/mol. The first-order valence-corrected chi connectivity index (χ1v) is 6.14. The minimum Gasteiger partial charge on any atom is -0.311 e. The summed E-state index contributed by atoms with van der Waals surface area (Å²) in [5, 5.41) is 0. The van der Waals surface area contributed by atoms with E-state index in [-0.39, 0.29) is 5.69 Å². The standard InChI is InChI=1S/C10H7F3N2O3S/c1-19-7-4-2-6(3-5-7)15-8(16)14(9(17)18-15)10(11,12)13/h2-5H,1H3. The molecule has 0 radical (unpaired) electrons. The summed E-state index contributed by atoms with van der Waals surface area (Å²) in [4.78, 5) is 23.4. The Morgan fingerprint density at radius 1 is 1.16 bits per heavy atom. The van der Waals surface area contributed by atoms with Crippen LogP contribution >= 0.6 is 11.8 Å². The number of halogens is 3. The van der Waals surface area contributed by atoms with Gasteiger partial charge in [-0.1, -0.05) is 0 Å². The molecule has 0 bridgehead atoms. The van der Waals surface area contributed by atoms with Gasteiger partial charge in [-0.15, -0.1) is 34.2 Å². The van der Waals surface area contributed by atoms with E-state index in [4.69, 9.17) is 0 Å². The SMILES string of the molecule is CSc1ccc(-n2oc(=O)n(C(F)(F)F)c2=O)cc1. The zero-order chi connectivity index (χ0) is 14.2. The molecule has 19 heavy (non-hydrogen) atoms. The minimum atomic E-state index is -5.11. The summed E-state index contributed by atoms with van der Waals surface area (Å²) >= 11 is 1.42. The van der Waals surface area contributed by atoms with Gasteiger partial charge in [-0.25, -0.2) is 9.59 Å². The predicted molar refractivity (Wildman–Crippen MR) is 61.6 cm³/mol. The van der Waals surface area contributed by atoms with Crippen LogP contribution < -0.4 is 11.4 Å². The van der Waals surface area contributed by atoms with Gasteiger partial charge in [0, 0.05) is 4.90 Å². The Morgan fingerprint density at radius 3 is 2.16 bits per heavy atom. The van der Waals surface area contributed by atoms with Gasteiger partial charge >= 0.3 is 17.7 Å². The van der Waals surface area contributed by atoms with Crippen molar-refractivity contribution in [1.82, 2.24) is 9.31 Å². The molecule has 2 rings (SSSR count). The molecule has 0 aliphatic rings. The highest BCUT2D eigenvalue weighted by Crippen LogP contribution is 2.19. The second kappa shape index (κ2) is 4.65. The Hall–Kier alpha value is -1.90. The zero-order valence-electron chi connectivity index (χ0n) is 9.47. The van der Waals surface area contributed by atoms with Crippen molar-refractivity contribution in [2.24, 2.45) is 0 Å². The lowest BCUT2D eigenvalue weighted by Crippen LogP contribution is -2.37. The quantitative estimate of drug-likeness (QED) is 0.792. The highest BCUT2D eigenvalue weighted by molar-refractivity contribution is 7.98. The number of thioether (sulfide) groups is 1. The number of alkyl halides is 3. The van der Waals surface area contributed by atoms with Crippen molar-refractivity contribution in [2.75, 3.05) is 6.26 Å². The molecule has 0 amide bonds. The molecule has 9 heteroatoms. The Bertz CT molecular complexity index is 697. The molecule has 0 fully saturated rings. The van der Waals surface area contributed by atoms with Crippen LogP contribution in [-0.2, 0) is 6.30 Å².